The van der Waals surface area contributed by atoms with Crippen molar-refractivity contribution in [1.82, 2.24) is 10.2 Å². The number of carbonyl (C=O) groups is 2. The standard InChI is InChI=1S/C16H22N2O2/c1-3-4-8-11-18-12(2)15(19)17-14(16(18)20)13-9-6-5-7-10-13/h5-7,9-10,12,14H,3-4,8,11H2,1-2H3,(H,17,19). The first-order chi connectivity index (χ1) is 9.65. The fraction of sp³-hybridized carbons (Fsp3) is 0.500. The van der Waals surface area contributed by atoms with E-state index in [-0.39, 0.29) is 17.9 Å². The largest absolute Gasteiger partial charge is 0.339 e. The first-order valence-corrected chi connectivity index (χ1v) is 7.31. The molecule has 0 aliphatic carbocycles. The maximum atomic E-state index is 12.6. The number of nitrogens with one attached hydrogen (secondary N) is 1. The van der Waals surface area contributed by atoms with Crippen molar-refractivity contribution >= 4 is 11.8 Å². The minimum Gasteiger partial charge on any atom is -0.339 e. The summed E-state index contributed by atoms with van der Waals surface area (Å²) < 4.78 is 0. The van der Waals surface area contributed by atoms with Crippen molar-refractivity contribution < 1.29 is 9.59 Å². The molecule has 20 heavy (non-hydrogen) atoms. The fourth-order valence-electron chi connectivity index (χ4n) is 2.53. The van der Waals surface area contributed by atoms with Gasteiger partial charge in [-0.25, -0.2) is 0 Å². The van der Waals surface area contributed by atoms with Gasteiger partial charge in [0, 0.05) is 6.54 Å². The Morgan fingerprint density at radius 1 is 1.15 bits per heavy atom. The molecular formula is C16H22N2O2. The van der Waals surface area contributed by atoms with Gasteiger partial charge in [0.2, 0.25) is 11.8 Å². The van der Waals surface area contributed by atoms with Crippen LogP contribution in [-0.2, 0) is 9.59 Å². The van der Waals surface area contributed by atoms with E-state index >= 15 is 0 Å². The zero-order chi connectivity index (χ0) is 14.5. The first kappa shape index (κ1) is 14.6. The smallest absolute Gasteiger partial charge is 0.250 e. The highest BCUT2D eigenvalue weighted by Gasteiger charge is 2.38. The van der Waals surface area contributed by atoms with Crippen LogP contribution in [0.1, 0.15) is 44.7 Å². The molecule has 1 aliphatic heterocycles. The van der Waals surface area contributed by atoms with E-state index in [2.05, 4.69) is 12.2 Å². The monoisotopic (exact) mass is 274 g/mol. The highest BCUT2D eigenvalue weighted by Crippen LogP contribution is 2.22. The third kappa shape index (κ3) is 3.00. The summed E-state index contributed by atoms with van der Waals surface area (Å²) in [6.07, 6.45) is 3.13. The lowest BCUT2D eigenvalue weighted by Gasteiger charge is -2.37. The maximum Gasteiger partial charge on any atom is 0.250 e. The predicted octanol–water partition coefficient (Wildman–Crippen LogP) is 2.26. The molecule has 2 rings (SSSR count). The van der Waals surface area contributed by atoms with Crippen molar-refractivity contribution in [3.8, 4) is 0 Å². The van der Waals surface area contributed by atoms with Crippen LogP contribution in [0.2, 0.25) is 0 Å². The van der Waals surface area contributed by atoms with Gasteiger partial charge in [0.05, 0.1) is 0 Å². The number of amides is 2. The van der Waals surface area contributed by atoms with E-state index in [9.17, 15) is 9.59 Å². The number of hydrogen-bond acceptors (Lipinski definition) is 2. The van der Waals surface area contributed by atoms with Gasteiger partial charge in [-0.15, -0.1) is 0 Å². The summed E-state index contributed by atoms with van der Waals surface area (Å²) in [7, 11) is 0. The molecule has 0 bridgehead atoms. The van der Waals surface area contributed by atoms with Gasteiger partial charge in [0.25, 0.3) is 0 Å². The van der Waals surface area contributed by atoms with Crippen LogP contribution >= 0.6 is 0 Å². The molecule has 0 spiro atoms. The highest BCUT2D eigenvalue weighted by molar-refractivity contribution is 5.97. The van der Waals surface area contributed by atoms with Crippen LogP contribution in [0.15, 0.2) is 30.3 Å². The predicted molar refractivity (Wildman–Crippen MR) is 78.0 cm³/mol. The molecule has 1 aromatic carbocycles. The molecule has 2 unspecified atom stereocenters. The molecule has 1 saturated heterocycles. The number of benzene rings is 1. The minimum absolute atomic E-state index is 0.000553. The average molecular weight is 274 g/mol. The van der Waals surface area contributed by atoms with Crippen molar-refractivity contribution in [2.45, 2.75) is 45.2 Å². The maximum absolute atomic E-state index is 12.6. The Kier molecular flexibility index (Phi) is 4.77. The number of nitrogens with zero attached hydrogens (tertiary/aromatic N) is 1. The van der Waals surface area contributed by atoms with Gasteiger partial charge < -0.3 is 10.2 Å². The van der Waals surface area contributed by atoms with Crippen LogP contribution in [-0.4, -0.2) is 29.3 Å². The topological polar surface area (TPSA) is 49.4 Å². The molecule has 0 aromatic heterocycles. The molecule has 4 nitrogen and oxygen atoms in total. The van der Waals surface area contributed by atoms with Crippen molar-refractivity contribution in [2.75, 3.05) is 6.54 Å². The van der Waals surface area contributed by atoms with E-state index in [0.717, 1.165) is 24.8 Å². The second-order valence-electron chi connectivity index (χ2n) is 5.27. The van der Waals surface area contributed by atoms with E-state index in [1.165, 1.54) is 0 Å². The Balaban J connectivity index is 2.15. The molecule has 1 N–H and O–H groups in total. The van der Waals surface area contributed by atoms with Gasteiger partial charge in [-0.05, 0) is 18.9 Å². The number of rotatable bonds is 5. The van der Waals surface area contributed by atoms with Crippen LogP contribution < -0.4 is 5.32 Å². The highest BCUT2D eigenvalue weighted by atomic mass is 16.2. The molecule has 1 fully saturated rings. The number of unbranched alkanes of at least 4 members (excludes halogenated alkanes) is 2. The van der Waals surface area contributed by atoms with E-state index in [1.54, 1.807) is 11.8 Å². The molecule has 4 heteroatoms. The lowest BCUT2D eigenvalue weighted by atomic mass is 10.0. The third-order valence-electron chi connectivity index (χ3n) is 3.80. The summed E-state index contributed by atoms with van der Waals surface area (Å²) >= 11 is 0. The van der Waals surface area contributed by atoms with Gasteiger partial charge in [0.15, 0.2) is 0 Å². The zero-order valence-corrected chi connectivity index (χ0v) is 12.1. The summed E-state index contributed by atoms with van der Waals surface area (Å²) in [5.41, 5.74) is 0.846. The van der Waals surface area contributed by atoms with Crippen LogP contribution in [0.4, 0.5) is 0 Å². The summed E-state index contributed by atoms with van der Waals surface area (Å²) in [4.78, 5) is 26.4. The van der Waals surface area contributed by atoms with Gasteiger partial charge in [0.1, 0.15) is 12.1 Å². The molecule has 2 atom stereocenters. The lowest BCUT2D eigenvalue weighted by Crippen LogP contribution is -2.58. The quantitative estimate of drug-likeness (QED) is 0.837. The summed E-state index contributed by atoms with van der Waals surface area (Å²) in [5.74, 6) is -0.0747. The lowest BCUT2D eigenvalue weighted by molar-refractivity contribution is -0.148. The number of carbonyl (C=O) groups excluding carboxylic acids is 2. The molecule has 0 saturated carbocycles. The Morgan fingerprint density at radius 2 is 1.85 bits per heavy atom. The Bertz CT molecular complexity index is 473. The second-order valence-corrected chi connectivity index (χ2v) is 5.27. The fourth-order valence-corrected chi connectivity index (χ4v) is 2.53. The number of hydrogen-bond donors (Lipinski definition) is 1. The summed E-state index contributed by atoms with van der Waals surface area (Å²) in [6.45, 7) is 4.58. The van der Waals surface area contributed by atoms with Gasteiger partial charge in [-0.3, -0.25) is 9.59 Å². The van der Waals surface area contributed by atoms with Crippen LogP contribution in [0, 0.1) is 0 Å². The molecule has 108 valence electrons. The average Bonchev–Trinajstić information content (AvgIpc) is 2.47. The molecule has 2 amide bonds. The molecule has 1 aromatic rings. The Labute approximate surface area is 120 Å². The summed E-state index contributed by atoms with van der Waals surface area (Å²) in [6, 6.07) is 8.51. The molecule has 1 heterocycles. The van der Waals surface area contributed by atoms with Crippen molar-refractivity contribution in [2.24, 2.45) is 0 Å². The zero-order valence-electron chi connectivity index (χ0n) is 12.1. The first-order valence-electron chi connectivity index (χ1n) is 7.31. The third-order valence-corrected chi connectivity index (χ3v) is 3.80. The molecule has 0 radical (unpaired) electrons. The van der Waals surface area contributed by atoms with Crippen LogP contribution in [0.3, 0.4) is 0 Å². The van der Waals surface area contributed by atoms with Crippen molar-refractivity contribution in [3.63, 3.8) is 0 Å². The van der Waals surface area contributed by atoms with E-state index < -0.39 is 6.04 Å². The van der Waals surface area contributed by atoms with Crippen molar-refractivity contribution in [1.29, 1.82) is 0 Å². The van der Waals surface area contributed by atoms with Gasteiger partial charge in [-0.1, -0.05) is 50.1 Å². The van der Waals surface area contributed by atoms with Crippen LogP contribution in [0.25, 0.3) is 0 Å². The van der Waals surface area contributed by atoms with E-state index in [1.807, 2.05) is 30.3 Å². The van der Waals surface area contributed by atoms with E-state index in [0.29, 0.717) is 6.54 Å². The summed E-state index contributed by atoms with van der Waals surface area (Å²) in [5, 5.41) is 2.82. The second kappa shape index (κ2) is 6.55. The van der Waals surface area contributed by atoms with Crippen molar-refractivity contribution in [3.05, 3.63) is 35.9 Å². The SMILES string of the molecule is CCCCCN1C(=O)C(c2ccccc2)NC(=O)C1C. The normalized spacial score (nSPS) is 22.8. The molecule has 1 aliphatic rings. The minimum atomic E-state index is -0.540. The Morgan fingerprint density at radius 3 is 2.50 bits per heavy atom. The number of piperazine rings is 1. The van der Waals surface area contributed by atoms with Crippen LogP contribution in [0.5, 0.6) is 0 Å². The Hall–Kier alpha value is -1.84. The van der Waals surface area contributed by atoms with Gasteiger partial charge in [-0.2, -0.15) is 0 Å². The van der Waals surface area contributed by atoms with Gasteiger partial charge >= 0.3 is 0 Å². The molecular weight excluding hydrogens is 252 g/mol. The van der Waals surface area contributed by atoms with E-state index in [4.69, 9.17) is 0 Å².